The van der Waals surface area contributed by atoms with E-state index in [-0.39, 0.29) is 49.9 Å². The Labute approximate surface area is 266 Å². The van der Waals surface area contributed by atoms with Crippen LogP contribution in [-0.4, -0.2) is 88.6 Å². The van der Waals surface area contributed by atoms with Crippen LogP contribution in [0.5, 0.6) is 0 Å². The van der Waals surface area contributed by atoms with Gasteiger partial charge in [-0.05, 0) is 44.2 Å². The molecule has 1 spiro atoms. The first-order valence-corrected chi connectivity index (χ1v) is 16.5. The van der Waals surface area contributed by atoms with E-state index in [9.17, 15) is 24.3 Å². The number of allylic oxidation sites excluding steroid dienone is 1. The van der Waals surface area contributed by atoms with Crippen LogP contribution in [0.1, 0.15) is 64.0 Å². The minimum atomic E-state index is -1.35. The van der Waals surface area contributed by atoms with Crippen LogP contribution in [0.25, 0.3) is 0 Å². The number of carbonyl (C=O) groups is 4. The summed E-state index contributed by atoms with van der Waals surface area (Å²) in [5.41, 5.74) is -0.636. The molecule has 4 aliphatic heterocycles. The number of esters is 1. The van der Waals surface area contributed by atoms with Gasteiger partial charge in [-0.2, -0.15) is 0 Å². The van der Waals surface area contributed by atoms with E-state index in [1.165, 1.54) is 0 Å². The van der Waals surface area contributed by atoms with Gasteiger partial charge in [-0.25, -0.2) is 0 Å². The monoisotopic (exact) mass is 671 g/mol. The van der Waals surface area contributed by atoms with Gasteiger partial charge in [0.1, 0.15) is 29.8 Å². The standard InChI is InChI=1S/C33H42BrN3O7/c1-3-12-21(2)36-16-9-5-8-15-25(39)35-20-24(22-13-6-4-7-14-22)43-32(42)26-27-30(40)37(17-10-11-18-38)29(31(36)41)33(27)19-23(34)28(26)44-33/h4-7,9,13-14,19,21,24,26-29,38H,3,8,10-12,15-18,20H2,1-2H3,(H,35,39)/b9-5-/t21?,24-,26-,27+,28-,29-,33+/m0/s1. The first-order chi connectivity index (χ1) is 21.2. The van der Waals surface area contributed by atoms with Crippen LogP contribution >= 0.6 is 15.9 Å². The van der Waals surface area contributed by atoms with Gasteiger partial charge in [0.15, 0.2) is 0 Å². The number of hydrogen-bond acceptors (Lipinski definition) is 7. The van der Waals surface area contributed by atoms with Crippen LogP contribution in [0, 0.1) is 11.8 Å². The van der Waals surface area contributed by atoms with Crippen molar-refractivity contribution in [3.8, 4) is 0 Å². The molecule has 11 heteroatoms. The number of nitrogens with one attached hydrogen (secondary N) is 1. The summed E-state index contributed by atoms with van der Waals surface area (Å²) in [4.78, 5) is 59.1. The lowest BCUT2D eigenvalue weighted by Crippen LogP contribution is -2.57. The van der Waals surface area contributed by atoms with E-state index in [4.69, 9.17) is 9.47 Å². The predicted molar refractivity (Wildman–Crippen MR) is 166 cm³/mol. The first kappa shape index (κ1) is 32.4. The second-order valence-electron chi connectivity index (χ2n) is 12.1. The number of benzene rings is 1. The van der Waals surface area contributed by atoms with Crippen LogP contribution in [0.15, 0.2) is 53.0 Å². The van der Waals surface area contributed by atoms with Crippen molar-refractivity contribution >= 4 is 39.6 Å². The Kier molecular flexibility index (Phi) is 10.3. The SMILES string of the molecule is CCCC(C)N1C/C=C\CCC(=O)NC[C@@H](c2ccccc2)OC(=O)[C@@H]2[C@H]3O[C@@]4(C=C3Br)[C@H](C1=O)N(CCCCO)C(=O)[C@@H]24. The van der Waals surface area contributed by atoms with E-state index >= 15 is 0 Å². The number of carbonyl (C=O) groups excluding carboxylic acids is 4. The highest BCUT2D eigenvalue weighted by atomic mass is 79.9. The van der Waals surface area contributed by atoms with Crippen molar-refractivity contribution in [3.05, 3.63) is 58.6 Å². The summed E-state index contributed by atoms with van der Waals surface area (Å²) in [5, 5.41) is 12.4. The van der Waals surface area contributed by atoms with Gasteiger partial charge in [0.05, 0.1) is 12.5 Å². The smallest absolute Gasteiger partial charge is 0.313 e. The van der Waals surface area contributed by atoms with Crippen LogP contribution in [0.2, 0.25) is 0 Å². The van der Waals surface area contributed by atoms with Gasteiger partial charge in [-0.15, -0.1) is 0 Å². The van der Waals surface area contributed by atoms with Crippen molar-refractivity contribution in [2.45, 2.75) is 82.3 Å². The number of fused-ring (bicyclic) bond motifs is 2. The minimum absolute atomic E-state index is 0.0317. The fourth-order valence-electron chi connectivity index (χ4n) is 7.05. The van der Waals surface area contributed by atoms with Crippen LogP contribution in [0.3, 0.4) is 0 Å². The van der Waals surface area contributed by atoms with Gasteiger partial charge in [0, 0.05) is 36.6 Å². The Morgan fingerprint density at radius 1 is 1.11 bits per heavy atom. The van der Waals surface area contributed by atoms with Gasteiger partial charge < -0.3 is 29.7 Å². The number of halogens is 1. The minimum Gasteiger partial charge on any atom is -0.455 e. The molecule has 2 N–H and O–H groups in total. The number of unbranched alkanes of at least 4 members (excludes halogenated alkanes) is 1. The van der Waals surface area contributed by atoms with Crippen molar-refractivity contribution in [1.82, 2.24) is 15.1 Å². The second-order valence-corrected chi connectivity index (χ2v) is 13.0. The molecule has 44 heavy (non-hydrogen) atoms. The third kappa shape index (κ3) is 6.10. The quantitative estimate of drug-likeness (QED) is 0.247. The topological polar surface area (TPSA) is 125 Å². The highest BCUT2D eigenvalue weighted by Gasteiger charge is 2.75. The van der Waals surface area contributed by atoms with Gasteiger partial charge >= 0.3 is 5.97 Å². The lowest BCUT2D eigenvalue weighted by atomic mass is 9.74. The van der Waals surface area contributed by atoms with Crippen molar-refractivity contribution < 1.29 is 33.8 Å². The molecule has 0 aromatic heterocycles. The molecule has 5 bridgehead atoms. The number of hydrogen-bond donors (Lipinski definition) is 2. The van der Waals surface area contributed by atoms with Gasteiger partial charge in [-0.3, -0.25) is 19.2 Å². The van der Waals surface area contributed by atoms with E-state index in [2.05, 4.69) is 28.2 Å². The van der Waals surface area contributed by atoms with Crippen LogP contribution < -0.4 is 5.32 Å². The third-order valence-corrected chi connectivity index (χ3v) is 9.86. The van der Waals surface area contributed by atoms with Crippen LogP contribution in [0.4, 0.5) is 0 Å². The molecule has 1 aromatic carbocycles. The number of aliphatic hydroxyl groups is 1. The summed E-state index contributed by atoms with van der Waals surface area (Å²) in [6.07, 6.45) is 7.38. The van der Waals surface area contributed by atoms with Gasteiger partial charge in [0.2, 0.25) is 17.7 Å². The average molecular weight is 673 g/mol. The molecule has 7 atom stereocenters. The Balaban J connectivity index is 1.58. The lowest BCUT2D eigenvalue weighted by Gasteiger charge is -2.38. The molecule has 2 saturated heterocycles. The molecular weight excluding hydrogens is 630 g/mol. The number of cyclic esters (lactones) is 1. The zero-order valence-electron chi connectivity index (χ0n) is 25.3. The number of rotatable bonds is 8. The fraction of sp³-hybridized carbons (Fsp3) is 0.576. The molecule has 1 unspecified atom stereocenters. The number of ether oxygens (including phenoxy) is 2. The van der Waals surface area contributed by atoms with Crippen molar-refractivity contribution in [1.29, 1.82) is 0 Å². The number of nitrogens with zero attached hydrogens (tertiary/aromatic N) is 2. The summed E-state index contributed by atoms with van der Waals surface area (Å²) >= 11 is 3.59. The summed E-state index contributed by atoms with van der Waals surface area (Å²) in [7, 11) is 0. The van der Waals surface area contributed by atoms with Crippen molar-refractivity contribution in [3.63, 3.8) is 0 Å². The maximum Gasteiger partial charge on any atom is 0.313 e. The highest BCUT2D eigenvalue weighted by Crippen LogP contribution is 2.59. The molecule has 0 aliphatic carbocycles. The number of aliphatic hydroxyl groups excluding tert-OH is 1. The van der Waals surface area contributed by atoms with E-state index in [0.717, 1.165) is 12.8 Å². The molecule has 4 heterocycles. The maximum absolute atomic E-state index is 14.6. The molecule has 2 fully saturated rings. The molecule has 0 saturated carbocycles. The maximum atomic E-state index is 14.6. The molecule has 4 aliphatic rings. The zero-order chi connectivity index (χ0) is 31.4. The van der Waals surface area contributed by atoms with Gasteiger partial charge in [-0.1, -0.05) is 71.8 Å². The molecule has 1 aromatic rings. The Bertz CT molecular complexity index is 1300. The summed E-state index contributed by atoms with van der Waals surface area (Å²) in [6, 6.07) is 8.08. The summed E-state index contributed by atoms with van der Waals surface area (Å²) in [6.45, 7) is 4.66. The Morgan fingerprint density at radius 3 is 2.61 bits per heavy atom. The average Bonchev–Trinajstić information content (AvgIpc) is 3.60. The lowest BCUT2D eigenvalue weighted by molar-refractivity contribution is -0.160. The third-order valence-electron chi connectivity index (χ3n) is 9.18. The van der Waals surface area contributed by atoms with Gasteiger partial charge in [0.25, 0.3) is 0 Å². The Morgan fingerprint density at radius 2 is 1.89 bits per heavy atom. The highest BCUT2D eigenvalue weighted by molar-refractivity contribution is 9.11. The van der Waals surface area contributed by atoms with E-state index in [1.807, 2.05) is 49.4 Å². The summed E-state index contributed by atoms with van der Waals surface area (Å²) < 4.78 is 13.3. The Hall–Kier alpha value is -3.02. The molecule has 238 valence electrons. The predicted octanol–water partition coefficient (Wildman–Crippen LogP) is 3.40. The van der Waals surface area contributed by atoms with Crippen LogP contribution in [-0.2, 0) is 28.7 Å². The largest absolute Gasteiger partial charge is 0.455 e. The van der Waals surface area contributed by atoms with E-state index in [0.29, 0.717) is 35.9 Å². The number of likely N-dealkylation sites (tertiary alicyclic amines) is 1. The molecule has 5 rings (SSSR count). The molecule has 10 nitrogen and oxygen atoms in total. The fourth-order valence-corrected chi connectivity index (χ4v) is 7.78. The number of amides is 3. The van der Waals surface area contributed by atoms with E-state index < -0.39 is 41.7 Å². The molecular formula is C33H42BrN3O7. The van der Waals surface area contributed by atoms with Crippen molar-refractivity contribution in [2.24, 2.45) is 11.8 Å². The molecule has 0 radical (unpaired) electrons. The summed E-state index contributed by atoms with van der Waals surface area (Å²) in [5.74, 6) is -3.31. The first-order valence-electron chi connectivity index (χ1n) is 15.7. The normalized spacial score (nSPS) is 32.3. The second kappa shape index (κ2) is 14.0. The van der Waals surface area contributed by atoms with Crippen molar-refractivity contribution in [2.75, 3.05) is 26.2 Å². The van der Waals surface area contributed by atoms with E-state index in [1.54, 1.807) is 15.9 Å². The molecule has 3 amide bonds. The zero-order valence-corrected chi connectivity index (χ0v) is 26.9.